The van der Waals surface area contributed by atoms with Gasteiger partial charge in [-0.15, -0.1) is 0 Å². The van der Waals surface area contributed by atoms with Crippen LogP contribution in [0, 0.1) is 23.2 Å². The number of hydrogen-bond donors (Lipinski definition) is 2. The molecular weight excluding hydrogens is 196 g/mol. The molecule has 16 heavy (non-hydrogen) atoms. The maximum Gasteiger partial charge on any atom is -0.000824 e. The zero-order valence-electron chi connectivity index (χ0n) is 12.1. The van der Waals surface area contributed by atoms with Gasteiger partial charge >= 0.3 is 0 Å². The maximum atomic E-state index is 5.78. The van der Waals surface area contributed by atoms with E-state index in [4.69, 9.17) is 5.73 Å². The maximum absolute atomic E-state index is 5.78. The molecule has 0 aliphatic heterocycles. The zero-order valence-corrected chi connectivity index (χ0v) is 12.1. The van der Waals surface area contributed by atoms with Gasteiger partial charge in [0.1, 0.15) is 0 Å². The molecule has 3 N–H and O–H groups in total. The van der Waals surface area contributed by atoms with E-state index in [-0.39, 0.29) is 0 Å². The molecule has 2 nitrogen and oxygen atoms in total. The first-order chi connectivity index (χ1) is 7.27. The lowest BCUT2D eigenvalue weighted by atomic mass is 9.82. The average molecular weight is 228 g/mol. The van der Waals surface area contributed by atoms with Gasteiger partial charge in [-0.2, -0.15) is 0 Å². The van der Waals surface area contributed by atoms with Crippen LogP contribution >= 0.6 is 0 Å². The topological polar surface area (TPSA) is 38.0 Å². The fourth-order valence-corrected chi connectivity index (χ4v) is 1.74. The summed E-state index contributed by atoms with van der Waals surface area (Å²) in [6, 6.07) is 0. The van der Waals surface area contributed by atoms with Gasteiger partial charge in [0.25, 0.3) is 0 Å². The van der Waals surface area contributed by atoms with E-state index >= 15 is 0 Å². The van der Waals surface area contributed by atoms with Crippen LogP contribution in [0.2, 0.25) is 0 Å². The Balaban J connectivity index is 3.78. The molecule has 0 amide bonds. The third kappa shape index (κ3) is 7.24. The van der Waals surface area contributed by atoms with Crippen molar-refractivity contribution >= 4 is 0 Å². The predicted molar refractivity (Wildman–Crippen MR) is 73.5 cm³/mol. The third-order valence-corrected chi connectivity index (χ3v) is 3.50. The second kappa shape index (κ2) is 7.29. The van der Waals surface area contributed by atoms with Crippen molar-refractivity contribution in [2.45, 2.75) is 48.0 Å². The highest BCUT2D eigenvalue weighted by Crippen LogP contribution is 2.24. The van der Waals surface area contributed by atoms with Crippen LogP contribution in [0.5, 0.6) is 0 Å². The summed E-state index contributed by atoms with van der Waals surface area (Å²) in [6.07, 6.45) is 1.23. The molecule has 0 saturated carbocycles. The molecule has 2 unspecified atom stereocenters. The van der Waals surface area contributed by atoms with Crippen molar-refractivity contribution in [2.75, 3.05) is 19.6 Å². The largest absolute Gasteiger partial charge is 0.330 e. The van der Waals surface area contributed by atoms with Gasteiger partial charge in [0, 0.05) is 0 Å². The summed E-state index contributed by atoms with van der Waals surface area (Å²) in [5, 5.41) is 3.57. The van der Waals surface area contributed by atoms with Crippen LogP contribution in [0.3, 0.4) is 0 Å². The SMILES string of the molecule is CC(C)CC(CN)CNCC(C)C(C)(C)C. The third-order valence-electron chi connectivity index (χ3n) is 3.50. The average Bonchev–Trinajstić information content (AvgIpc) is 2.13. The van der Waals surface area contributed by atoms with Crippen molar-refractivity contribution in [1.29, 1.82) is 0 Å². The summed E-state index contributed by atoms with van der Waals surface area (Å²) >= 11 is 0. The van der Waals surface area contributed by atoms with E-state index in [1.165, 1.54) is 6.42 Å². The van der Waals surface area contributed by atoms with Crippen molar-refractivity contribution in [2.24, 2.45) is 28.9 Å². The first-order valence-corrected chi connectivity index (χ1v) is 6.68. The molecule has 2 atom stereocenters. The standard InChI is InChI=1S/C14H32N2/c1-11(2)7-13(8-15)10-16-9-12(3)14(4,5)6/h11-13,16H,7-10,15H2,1-6H3. The number of nitrogens with two attached hydrogens (primary N) is 1. The first kappa shape index (κ1) is 15.9. The Hall–Kier alpha value is -0.0800. The Labute approximate surface area is 102 Å². The zero-order chi connectivity index (χ0) is 12.8. The summed E-state index contributed by atoms with van der Waals surface area (Å²) in [6.45, 7) is 16.7. The van der Waals surface area contributed by atoms with Gasteiger partial charge in [0.15, 0.2) is 0 Å². The Morgan fingerprint density at radius 2 is 1.62 bits per heavy atom. The summed E-state index contributed by atoms with van der Waals surface area (Å²) in [5.74, 6) is 2.08. The highest BCUT2D eigenvalue weighted by atomic mass is 14.9. The lowest BCUT2D eigenvalue weighted by Crippen LogP contribution is -2.35. The minimum Gasteiger partial charge on any atom is -0.330 e. The van der Waals surface area contributed by atoms with Gasteiger partial charge in [-0.1, -0.05) is 41.5 Å². The van der Waals surface area contributed by atoms with Crippen molar-refractivity contribution < 1.29 is 0 Å². The van der Waals surface area contributed by atoms with Crippen LogP contribution in [0.4, 0.5) is 0 Å². The molecule has 2 heteroatoms. The number of nitrogens with one attached hydrogen (secondary N) is 1. The predicted octanol–water partition coefficient (Wildman–Crippen LogP) is 2.88. The Kier molecular flexibility index (Phi) is 7.25. The molecule has 0 aliphatic carbocycles. The van der Waals surface area contributed by atoms with Crippen LogP contribution in [0.1, 0.15) is 48.0 Å². The van der Waals surface area contributed by atoms with Gasteiger partial charge in [-0.05, 0) is 49.2 Å². The van der Waals surface area contributed by atoms with Gasteiger partial charge in [0.2, 0.25) is 0 Å². The first-order valence-electron chi connectivity index (χ1n) is 6.68. The molecule has 0 aromatic carbocycles. The molecule has 0 heterocycles. The van der Waals surface area contributed by atoms with Crippen LogP contribution in [0.15, 0.2) is 0 Å². The fraction of sp³-hybridized carbons (Fsp3) is 1.00. The lowest BCUT2D eigenvalue weighted by Gasteiger charge is -2.28. The van der Waals surface area contributed by atoms with E-state index in [2.05, 4.69) is 46.9 Å². The van der Waals surface area contributed by atoms with E-state index in [0.29, 0.717) is 17.3 Å². The molecular formula is C14H32N2. The van der Waals surface area contributed by atoms with E-state index in [1.54, 1.807) is 0 Å². The highest BCUT2D eigenvalue weighted by molar-refractivity contribution is 4.73. The molecule has 0 saturated heterocycles. The normalized spacial score (nSPS) is 16.5. The van der Waals surface area contributed by atoms with Crippen LogP contribution in [-0.2, 0) is 0 Å². The van der Waals surface area contributed by atoms with Gasteiger partial charge < -0.3 is 11.1 Å². The van der Waals surface area contributed by atoms with E-state index in [1.807, 2.05) is 0 Å². The number of rotatable bonds is 7. The molecule has 0 radical (unpaired) electrons. The van der Waals surface area contributed by atoms with Crippen LogP contribution < -0.4 is 11.1 Å². The Morgan fingerprint density at radius 1 is 1.06 bits per heavy atom. The molecule has 0 aliphatic rings. The Bertz CT molecular complexity index is 170. The van der Waals surface area contributed by atoms with E-state index < -0.39 is 0 Å². The molecule has 0 aromatic rings. The van der Waals surface area contributed by atoms with Gasteiger partial charge in [-0.3, -0.25) is 0 Å². The minimum absolute atomic E-state index is 0.392. The summed E-state index contributed by atoms with van der Waals surface area (Å²) in [5.41, 5.74) is 6.18. The van der Waals surface area contributed by atoms with Crippen molar-refractivity contribution in [1.82, 2.24) is 5.32 Å². The number of hydrogen-bond acceptors (Lipinski definition) is 2. The smallest absolute Gasteiger partial charge is 0.000824 e. The summed E-state index contributed by atoms with van der Waals surface area (Å²) in [4.78, 5) is 0. The molecule has 0 aromatic heterocycles. The van der Waals surface area contributed by atoms with Crippen LogP contribution in [-0.4, -0.2) is 19.6 Å². The van der Waals surface area contributed by atoms with E-state index in [9.17, 15) is 0 Å². The monoisotopic (exact) mass is 228 g/mol. The second-order valence-corrected chi connectivity index (χ2v) is 6.66. The molecule has 0 rings (SSSR count). The molecule has 0 fully saturated rings. The van der Waals surface area contributed by atoms with E-state index in [0.717, 1.165) is 25.6 Å². The minimum atomic E-state index is 0.392. The highest BCUT2D eigenvalue weighted by Gasteiger charge is 2.19. The van der Waals surface area contributed by atoms with Gasteiger partial charge in [0.05, 0.1) is 0 Å². The molecule has 0 bridgehead atoms. The summed E-state index contributed by atoms with van der Waals surface area (Å²) < 4.78 is 0. The van der Waals surface area contributed by atoms with Crippen molar-refractivity contribution in [3.63, 3.8) is 0 Å². The van der Waals surface area contributed by atoms with Gasteiger partial charge in [-0.25, -0.2) is 0 Å². The summed E-state index contributed by atoms with van der Waals surface area (Å²) in [7, 11) is 0. The van der Waals surface area contributed by atoms with Crippen molar-refractivity contribution in [3.8, 4) is 0 Å². The molecule has 98 valence electrons. The quantitative estimate of drug-likeness (QED) is 0.703. The van der Waals surface area contributed by atoms with Crippen molar-refractivity contribution in [3.05, 3.63) is 0 Å². The second-order valence-electron chi connectivity index (χ2n) is 6.66. The van der Waals surface area contributed by atoms with Crippen LogP contribution in [0.25, 0.3) is 0 Å². The lowest BCUT2D eigenvalue weighted by molar-refractivity contribution is 0.247. The fourth-order valence-electron chi connectivity index (χ4n) is 1.74. The Morgan fingerprint density at radius 3 is 2.00 bits per heavy atom. The molecule has 0 spiro atoms.